The first kappa shape index (κ1) is 30.0. The molecule has 2 fully saturated rings. The van der Waals surface area contributed by atoms with Crippen molar-refractivity contribution < 1.29 is 46.9 Å². The number of hydrogen-bond donors (Lipinski definition) is 1. The van der Waals surface area contributed by atoms with Crippen LogP contribution in [0.1, 0.15) is 31.2 Å². The first-order valence-corrected chi connectivity index (χ1v) is 15.0. The molecule has 0 spiro atoms. The van der Waals surface area contributed by atoms with Crippen molar-refractivity contribution in [3.05, 3.63) is 82.5 Å². The van der Waals surface area contributed by atoms with Gasteiger partial charge in [0.2, 0.25) is 11.8 Å². The van der Waals surface area contributed by atoms with Crippen LogP contribution in [0.3, 0.4) is 0 Å². The molecule has 4 atom stereocenters. The van der Waals surface area contributed by atoms with Gasteiger partial charge in [-0.05, 0) is 74.2 Å². The monoisotopic (exact) mass is 634 g/mol. The molecule has 0 saturated carbocycles. The van der Waals surface area contributed by atoms with E-state index in [0.29, 0.717) is 24.5 Å². The van der Waals surface area contributed by atoms with Crippen LogP contribution in [-0.4, -0.2) is 61.2 Å². The number of fused-ring (bicyclic) bond motifs is 3. The van der Waals surface area contributed by atoms with E-state index in [0.717, 1.165) is 37.0 Å². The average Bonchev–Trinajstić information content (AvgIpc) is 3.29. The maximum Gasteiger partial charge on any atom is 0.573 e. The summed E-state index contributed by atoms with van der Waals surface area (Å²) in [5, 5.41) is 10.9. The quantitative estimate of drug-likeness (QED) is 0.291. The van der Waals surface area contributed by atoms with Crippen molar-refractivity contribution in [1.29, 1.82) is 0 Å². The van der Waals surface area contributed by atoms with Crippen LogP contribution in [0, 0.1) is 17.8 Å². The highest BCUT2D eigenvalue weighted by Crippen LogP contribution is 2.56. The molecule has 1 N–H and O–H groups in total. The van der Waals surface area contributed by atoms with Gasteiger partial charge in [-0.1, -0.05) is 11.6 Å². The van der Waals surface area contributed by atoms with Crippen molar-refractivity contribution in [3.8, 4) is 11.5 Å². The largest absolute Gasteiger partial charge is 0.573 e. The molecule has 2 amide bonds. The number of amides is 2. The summed E-state index contributed by atoms with van der Waals surface area (Å²) in [6.07, 6.45) is -1.94. The van der Waals surface area contributed by atoms with Crippen LogP contribution in [0.5, 0.6) is 11.5 Å². The van der Waals surface area contributed by atoms with Crippen LogP contribution < -0.4 is 14.5 Å². The van der Waals surface area contributed by atoms with Gasteiger partial charge in [-0.3, -0.25) is 24.1 Å². The number of nitrogens with zero attached hydrogens (tertiary/aromatic N) is 2. The lowest BCUT2D eigenvalue weighted by molar-refractivity contribution is -0.274. The number of phenolic OH excluding ortho intramolecular Hbond substituents is 1. The number of imide groups is 1. The number of phenols is 1. The summed E-state index contributed by atoms with van der Waals surface area (Å²) in [4.78, 5) is 58.2. The van der Waals surface area contributed by atoms with E-state index in [-0.39, 0.29) is 41.0 Å². The molecule has 2 aliphatic heterocycles. The summed E-state index contributed by atoms with van der Waals surface area (Å²) in [6.45, 7) is 4.12. The van der Waals surface area contributed by atoms with Crippen molar-refractivity contribution >= 4 is 34.8 Å². The fourth-order valence-electron chi connectivity index (χ4n) is 7.57. The molecular weight excluding hydrogens is 605 g/mol. The molecule has 12 heteroatoms. The Kier molecular flexibility index (Phi) is 7.15. The highest BCUT2D eigenvalue weighted by atomic mass is 19.4. The molecule has 5 aliphatic rings. The Morgan fingerprint density at radius 2 is 1.63 bits per heavy atom. The number of aromatic hydroxyl groups is 1. The molecule has 9 nitrogen and oxygen atoms in total. The highest BCUT2D eigenvalue weighted by molar-refractivity contribution is 6.25. The van der Waals surface area contributed by atoms with Gasteiger partial charge < -0.3 is 19.5 Å². The minimum atomic E-state index is -5.01. The van der Waals surface area contributed by atoms with Gasteiger partial charge >= 0.3 is 6.36 Å². The van der Waals surface area contributed by atoms with Gasteiger partial charge in [-0.25, -0.2) is 0 Å². The summed E-state index contributed by atoms with van der Waals surface area (Å²) >= 11 is 0. The zero-order valence-corrected chi connectivity index (χ0v) is 24.7. The number of ether oxygens (including phenoxy) is 2. The van der Waals surface area contributed by atoms with Crippen LogP contribution in [0.25, 0.3) is 0 Å². The topological polar surface area (TPSA) is 113 Å². The SMILES string of the molecule is CC1=CC(=O)C2=C(C1=O)C(c1cc(OC(F)(F)F)ccc1O)C1=CCC3C(=O)N(c4ccc(N5CCOCC5)cc4)C(=O)C3C1C2. The van der Waals surface area contributed by atoms with E-state index in [2.05, 4.69) is 9.64 Å². The maximum atomic E-state index is 14.1. The molecule has 2 saturated heterocycles. The van der Waals surface area contributed by atoms with Gasteiger partial charge in [0.1, 0.15) is 11.5 Å². The lowest BCUT2D eigenvalue weighted by Crippen LogP contribution is -2.40. The summed E-state index contributed by atoms with van der Waals surface area (Å²) in [5.41, 5.74) is 2.11. The van der Waals surface area contributed by atoms with Crippen molar-refractivity contribution in [3.63, 3.8) is 0 Å². The van der Waals surface area contributed by atoms with Gasteiger partial charge in [-0.15, -0.1) is 13.2 Å². The number of allylic oxidation sites excluding steroid dienone is 6. The predicted octanol–water partition coefficient (Wildman–Crippen LogP) is 4.76. The molecule has 2 aromatic rings. The van der Waals surface area contributed by atoms with Gasteiger partial charge in [-0.2, -0.15) is 0 Å². The number of carbonyl (C=O) groups excluding carboxylic acids is 4. The first-order valence-electron chi connectivity index (χ1n) is 15.0. The van der Waals surface area contributed by atoms with Gasteiger partial charge in [0.15, 0.2) is 11.6 Å². The second-order valence-electron chi connectivity index (χ2n) is 12.1. The normalized spacial score (nSPS) is 26.4. The molecule has 2 heterocycles. The Labute approximate surface area is 261 Å². The number of morpholine rings is 1. The van der Waals surface area contributed by atoms with E-state index >= 15 is 0 Å². The summed E-state index contributed by atoms with van der Waals surface area (Å²) in [6, 6.07) is 10.1. The van der Waals surface area contributed by atoms with Crippen molar-refractivity contribution in [2.24, 2.45) is 17.8 Å². The van der Waals surface area contributed by atoms with Crippen LogP contribution in [0.4, 0.5) is 24.5 Å². The third-order valence-corrected chi connectivity index (χ3v) is 9.59. The molecule has 0 aromatic heterocycles. The number of alkyl halides is 3. The zero-order valence-electron chi connectivity index (χ0n) is 24.7. The molecular formula is C34H29F3N2O7. The van der Waals surface area contributed by atoms with Crippen LogP contribution in [0.2, 0.25) is 0 Å². The number of hydrogen-bond acceptors (Lipinski definition) is 8. The van der Waals surface area contributed by atoms with E-state index in [1.54, 1.807) is 18.2 Å². The lowest BCUT2D eigenvalue weighted by atomic mass is 9.59. The molecule has 0 bridgehead atoms. The fourth-order valence-corrected chi connectivity index (χ4v) is 7.57. The molecule has 46 heavy (non-hydrogen) atoms. The lowest BCUT2D eigenvalue weighted by Gasteiger charge is -2.42. The van der Waals surface area contributed by atoms with E-state index in [1.165, 1.54) is 17.9 Å². The fraction of sp³-hybridized carbons (Fsp3) is 0.353. The van der Waals surface area contributed by atoms with E-state index in [4.69, 9.17) is 4.74 Å². The minimum absolute atomic E-state index is 0.00445. The molecule has 4 unspecified atom stereocenters. The number of ketones is 2. The minimum Gasteiger partial charge on any atom is -0.508 e. The second-order valence-corrected chi connectivity index (χ2v) is 12.1. The number of halogens is 3. The van der Waals surface area contributed by atoms with E-state index < -0.39 is 59.0 Å². The molecule has 2 aromatic carbocycles. The summed E-state index contributed by atoms with van der Waals surface area (Å²) in [7, 11) is 0. The number of anilines is 2. The average molecular weight is 635 g/mol. The van der Waals surface area contributed by atoms with Crippen LogP contribution >= 0.6 is 0 Å². The van der Waals surface area contributed by atoms with Crippen molar-refractivity contribution in [2.75, 3.05) is 36.1 Å². The zero-order chi connectivity index (χ0) is 32.5. The number of rotatable bonds is 4. The van der Waals surface area contributed by atoms with E-state index in [1.807, 2.05) is 12.1 Å². The number of Topliss-reactive ketones (excluding diaryl/α,β-unsaturated/α-hetero) is 1. The highest BCUT2D eigenvalue weighted by Gasteiger charge is 2.57. The van der Waals surface area contributed by atoms with Crippen LogP contribution in [-0.2, 0) is 23.9 Å². The van der Waals surface area contributed by atoms with E-state index in [9.17, 15) is 37.5 Å². The molecule has 7 rings (SSSR count). The standard InChI is InChI=1S/C34H29F3N2O7/c1-17-14-27(41)25-16-23-21(28(30(25)31(17)42)24-15-20(6-9-26(24)40)46-34(35,36)37)7-8-22-29(23)33(44)39(32(22)43)19-4-2-18(3-5-19)38-10-12-45-13-11-38/h2-7,9,14-15,22-23,28-29,40H,8,10-13,16H2,1H3. The van der Waals surface area contributed by atoms with Crippen LogP contribution in [0.15, 0.2) is 76.9 Å². The Bertz CT molecular complexity index is 1770. The Balaban J connectivity index is 1.28. The Morgan fingerprint density at radius 1 is 0.935 bits per heavy atom. The Hall–Kier alpha value is -4.71. The summed E-state index contributed by atoms with van der Waals surface area (Å²) < 4.78 is 49.0. The van der Waals surface area contributed by atoms with Gasteiger partial charge in [0.05, 0.1) is 30.7 Å². The third-order valence-electron chi connectivity index (χ3n) is 9.59. The molecule has 3 aliphatic carbocycles. The van der Waals surface area contributed by atoms with Gasteiger partial charge in [0, 0.05) is 47.0 Å². The summed E-state index contributed by atoms with van der Waals surface area (Å²) in [5.74, 6) is -6.23. The second kappa shape index (κ2) is 11.0. The number of carbonyl (C=O) groups is 4. The van der Waals surface area contributed by atoms with Crippen molar-refractivity contribution in [2.45, 2.75) is 32.0 Å². The third kappa shape index (κ3) is 4.91. The number of benzene rings is 2. The Morgan fingerprint density at radius 3 is 2.33 bits per heavy atom. The van der Waals surface area contributed by atoms with Crippen molar-refractivity contribution in [1.82, 2.24) is 0 Å². The predicted molar refractivity (Wildman–Crippen MR) is 158 cm³/mol. The first-order chi connectivity index (χ1) is 21.9. The molecule has 238 valence electrons. The smallest absolute Gasteiger partial charge is 0.508 e. The van der Waals surface area contributed by atoms with Gasteiger partial charge in [0.25, 0.3) is 0 Å². The molecule has 0 radical (unpaired) electrons. The maximum absolute atomic E-state index is 14.1.